The topological polar surface area (TPSA) is 20.2 Å². The number of benzene rings is 1. The first-order chi connectivity index (χ1) is 5.91. The second kappa shape index (κ2) is 3.67. The van der Waals surface area contributed by atoms with Crippen LogP contribution in [0.1, 0.15) is 11.7 Å². The molecule has 5 heteroatoms. The molecule has 0 spiro atoms. The Labute approximate surface area is 81.3 Å². The van der Waals surface area contributed by atoms with Crippen LogP contribution in [0.25, 0.3) is 0 Å². The number of alkyl halides is 3. The minimum atomic E-state index is -4.61. The molecule has 0 radical (unpaired) electrons. The average Bonchev–Trinajstić information content (AvgIpc) is 2.01. The van der Waals surface area contributed by atoms with Crippen molar-refractivity contribution in [2.75, 3.05) is 0 Å². The summed E-state index contributed by atoms with van der Waals surface area (Å²) in [6, 6.07) is 5.49. The predicted octanol–water partition coefficient (Wildman–Crippen LogP) is 3.04. The molecule has 0 saturated heterocycles. The van der Waals surface area contributed by atoms with Gasteiger partial charge < -0.3 is 5.11 Å². The Bertz CT molecular complexity index is 298. The van der Waals surface area contributed by atoms with Crippen LogP contribution in [0.4, 0.5) is 13.2 Å². The zero-order valence-electron chi connectivity index (χ0n) is 6.35. The zero-order chi connectivity index (χ0) is 10.1. The van der Waals surface area contributed by atoms with E-state index < -0.39 is 12.3 Å². The predicted molar refractivity (Wildman–Crippen MR) is 45.2 cm³/mol. The van der Waals surface area contributed by atoms with Crippen molar-refractivity contribution in [2.45, 2.75) is 12.3 Å². The van der Waals surface area contributed by atoms with E-state index in [1.165, 1.54) is 18.2 Å². The molecule has 0 aliphatic rings. The van der Waals surface area contributed by atoms with Gasteiger partial charge in [0.15, 0.2) is 6.10 Å². The van der Waals surface area contributed by atoms with Gasteiger partial charge in [-0.05, 0) is 17.7 Å². The van der Waals surface area contributed by atoms with Gasteiger partial charge in [-0.3, -0.25) is 0 Å². The van der Waals surface area contributed by atoms with Gasteiger partial charge in [-0.1, -0.05) is 28.1 Å². The van der Waals surface area contributed by atoms with Crippen LogP contribution in [0.2, 0.25) is 0 Å². The van der Waals surface area contributed by atoms with Crippen LogP contribution in [0.3, 0.4) is 0 Å². The lowest BCUT2D eigenvalue weighted by molar-refractivity contribution is -0.206. The Balaban J connectivity index is 2.96. The van der Waals surface area contributed by atoms with E-state index in [9.17, 15) is 13.2 Å². The lowest BCUT2D eigenvalue weighted by Crippen LogP contribution is -2.19. The van der Waals surface area contributed by atoms with E-state index in [1.54, 1.807) is 6.07 Å². The van der Waals surface area contributed by atoms with Crippen molar-refractivity contribution in [1.82, 2.24) is 0 Å². The molecule has 0 aromatic heterocycles. The Hall–Kier alpha value is -0.550. The molecule has 0 saturated carbocycles. The Morgan fingerprint density at radius 3 is 2.38 bits per heavy atom. The van der Waals surface area contributed by atoms with Crippen molar-refractivity contribution in [3.63, 3.8) is 0 Å². The molecule has 0 aliphatic carbocycles. The highest BCUT2D eigenvalue weighted by Crippen LogP contribution is 2.33. The van der Waals surface area contributed by atoms with Gasteiger partial charge in [-0.25, -0.2) is 0 Å². The van der Waals surface area contributed by atoms with E-state index in [2.05, 4.69) is 15.9 Å². The SMILES string of the molecule is OC(c1cccc(Br)c1)C(F)(F)F. The van der Waals surface area contributed by atoms with Crippen LogP contribution in [0.15, 0.2) is 28.7 Å². The van der Waals surface area contributed by atoms with E-state index in [-0.39, 0.29) is 5.56 Å². The standard InChI is InChI=1S/C8H6BrF3O/c9-6-3-1-2-5(4-6)7(13)8(10,11)12/h1-4,7,13H. The van der Waals surface area contributed by atoms with Crippen LogP contribution in [0, 0.1) is 0 Å². The lowest BCUT2D eigenvalue weighted by atomic mass is 10.1. The molecule has 1 nitrogen and oxygen atoms in total. The second-order valence-electron chi connectivity index (χ2n) is 2.50. The molecule has 1 rings (SSSR count). The summed E-state index contributed by atoms with van der Waals surface area (Å²) < 4.78 is 36.5. The molecule has 1 N–H and O–H groups in total. The largest absolute Gasteiger partial charge is 0.418 e. The van der Waals surface area contributed by atoms with Crippen molar-refractivity contribution in [3.05, 3.63) is 34.3 Å². The van der Waals surface area contributed by atoms with Gasteiger partial charge in [0.1, 0.15) is 0 Å². The van der Waals surface area contributed by atoms with Gasteiger partial charge in [-0.2, -0.15) is 13.2 Å². The third kappa shape index (κ3) is 2.70. The minimum absolute atomic E-state index is 0.165. The molecule has 0 fully saturated rings. The summed E-state index contributed by atoms with van der Waals surface area (Å²) in [5.74, 6) is 0. The normalized spacial score (nSPS) is 14.2. The first-order valence-electron chi connectivity index (χ1n) is 3.41. The number of hydrogen-bond donors (Lipinski definition) is 1. The van der Waals surface area contributed by atoms with Crippen LogP contribution in [0.5, 0.6) is 0 Å². The highest BCUT2D eigenvalue weighted by molar-refractivity contribution is 9.10. The van der Waals surface area contributed by atoms with E-state index in [0.717, 1.165) is 0 Å². The summed E-state index contributed by atoms with van der Waals surface area (Å²) in [6.45, 7) is 0. The summed E-state index contributed by atoms with van der Waals surface area (Å²) in [7, 11) is 0. The molecule has 1 atom stereocenters. The maximum atomic E-state index is 12.0. The molecule has 0 bridgehead atoms. The fraction of sp³-hybridized carbons (Fsp3) is 0.250. The lowest BCUT2D eigenvalue weighted by Gasteiger charge is -2.14. The molecule has 0 heterocycles. The fourth-order valence-electron chi connectivity index (χ4n) is 0.866. The van der Waals surface area contributed by atoms with Crippen LogP contribution in [-0.4, -0.2) is 11.3 Å². The maximum Gasteiger partial charge on any atom is 0.418 e. The molecule has 0 aliphatic heterocycles. The first kappa shape index (κ1) is 10.5. The quantitative estimate of drug-likeness (QED) is 0.817. The van der Waals surface area contributed by atoms with Crippen molar-refractivity contribution in [3.8, 4) is 0 Å². The van der Waals surface area contributed by atoms with E-state index >= 15 is 0 Å². The van der Waals surface area contributed by atoms with Gasteiger partial charge in [0.25, 0.3) is 0 Å². The molecular formula is C8H6BrF3O. The molecule has 1 aromatic carbocycles. The van der Waals surface area contributed by atoms with E-state index in [4.69, 9.17) is 5.11 Å². The second-order valence-corrected chi connectivity index (χ2v) is 3.41. The molecule has 1 aromatic rings. The van der Waals surface area contributed by atoms with Crippen LogP contribution < -0.4 is 0 Å². The maximum absolute atomic E-state index is 12.0. The number of hydrogen-bond acceptors (Lipinski definition) is 1. The summed E-state index contributed by atoms with van der Waals surface area (Å²) >= 11 is 3.02. The van der Waals surface area contributed by atoms with Crippen molar-refractivity contribution >= 4 is 15.9 Å². The number of rotatable bonds is 1. The smallest absolute Gasteiger partial charge is 0.379 e. The number of aliphatic hydroxyl groups excluding tert-OH is 1. The monoisotopic (exact) mass is 254 g/mol. The fourth-order valence-corrected chi connectivity index (χ4v) is 1.28. The summed E-state index contributed by atoms with van der Waals surface area (Å²) in [6.07, 6.45) is -7.02. The van der Waals surface area contributed by atoms with Gasteiger partial charge >= 0.3 is 6.18 Å². The average molecular weight is 255 g/mol. The van der Waals surface area contributed by atoms with Gasteiger partial charge in [0.2, 0.25) is 0 Å². The highest BCUT2D eigenvalue weighted by atomic mass is 79.9. The third-order valence-corrected chi connectivity index (χ3v) is 1.97. The Kier molecular flexibility index (Phi) is 2.98. The van der Waals surface area contributed by atoms with Gasteiger partial charge in [0.05, 0.1) is 0 Å². The summed E-state index contributed by atoms with van der Waals surface area (Å²) in [5, 5.41) is 8.84. The van der Waals surface area contributed by atoms with Crippen LogP contribution in [-0.2, 0) is 0 Å². The highest BCUT2D eigenvalue weighted by Gasteiger charge is 2.39. The third-order valence-electron chi connectivity index (χ3n) is 1.47. The first-order valence-corrected chi connectivity index (χ1v) is 4.21. The van der Waals surface area contributed by atoms with Crippen molar-refractivity contribution < 1.29 is 18.3 Å². The molecular weight excluding hydrogens is 249 g/mol. The molecule has 13 heavy (non-hydrogen) atoms. The molecule has 72 valence electrons. The zero-order valence-corrected chi connectivity index (χ0v) is 7.93. The van der Waals surface area contributed by atoms with Crippen LogP contribution >= 0.6 is 15.9 Å². The summed E-state index contributed by atoms with van der Waals surface area (Å²) in [4.78, 5) is 0. The van der Waals surface area contributed by atoms with Crippen molar-refractivity contribution in [2.24, 2.45) is 0 Å². The van der Waals surface area contributed by atoms with Crippen molar-refractivity contribution in [1.29, 1.82) is 0 Å². The number of aliphatic hydroxyl groups is 1. The number of halogens is 4. The molecule has 1 unspecified atom stereocenters. The van der Waals surface area contributed by atoms with Gasteiger partial charge in [-0.15, -0.1) is 0 Å². The van der Waals surface area contributed by atoms with Gasteiger partial charge in [0, 0.05) is 4.47 Å². The Morgan fingerprint density at radius 1 is 1.31 bits per heavy atom. The minimum Gasteiger partial charge on any atom is -0.379 e. The molecule has 0 amide bonds. The van der Waals surface area contributed by atoms with E-state index in [1.807, 2.05) is 0 Å². The van der Waals surface area contributed by atoms with E-state index in [0.29, 0.717) is 4.47 Å². The summed E-state index contributed by atoms with van der Waals surface area (Å²) in [5.41, 5.74) is -0.165. The Morgan fingerprint density at radius 2 is 1.92 bits per heavy atom.